The second-order valence-corrected chi connectivity index (χ2v) is 3.91. The molecule has 0 aliphatic carbocycles. The van der Waals surface area contributed by atoms with Crippen LogP contribution in [0.1, 0.15) is 27.2 Å². The molecule has 0 radical (unpaired) electrons. The third-order valence-corrected chi connectivity index (χ3v) is 2.31. The normalized spacial score (nSPS) is 10.4. The Morgan fingerprint density at radius 1 is 1.50 bits per heavy atom. The van der Waals surface area contributed by atoms with Gasteiger partial charge in [-0.15, -0.1) is 0 Å². The van der Waals surface area contributed by atoms with Gasteiger partial charge in [0.25, 0.3) is 0 Å². The molecule has 0 heterocycles. The molecule has 3 heteroatoms. The van der Waals surface area contributed by atoms with Crippen molar-refractivity contribution in [2.45, 2.75) is 27.2 Å². The Kier molecular flexibility index (Phi) is 6.44. The summed E-state index contributed by atoms with van der Waals surface area (Å²) in [4.78, 5) is 13.4. The summed E-state index contributed by atoms with van der Waals surface area (Å²) in [6.07, 6.45) is 1.03. The Labute approximate surface area is 83.4 Å². The summed E-state index contributed by atoms with van der Waals surface area (Å²) in [6.45, 7) is 7.61. The number of rotatable bonds is 5. The molecule has 0 aromatic rings. The molecular weight excluding hydrogens is 218 g/mol. The lowest BCUT2D eigenvalue weighted by molar-refractivity contribution is -0.134. The van der Waals surface area contributed by atoms with Crippen molar-refractivity contribution in [3.8, 4) is 0 Å². The third-order valence-electron chi connectivity index (χ3n) is 1.75. The molecule has 0 rings (SSSR count). The van der Waals surface area contributed by atoms with Gasteiger partial charge in [0, 0.05) is 24.3 Å². The highest BCUT2D eigenvalue weighted by atomic mass is 79.9. The van der Waals surface area contributed by atoms with E-state index < -0.39 is 0 Å². The Morgan fingerprint density at radius 2 is 2.08 bits per heavy atom. The first-order chi connectivity index (χ1) is 5.63. The lowest BCUT2D eigenvalue weighted by atomic mass is 10.2. The van der Waals surface area contributed by atoms with Crippen LogP contribution in [0, 0.1) is 5.92 Å². The maximum Gasteiger partial charge on any atom is 0.225 e. The molecule has 12 heavy (non-hydrogen) atoms. The molecule has 0 atom stereocenters. The van der Waals surface area contributed by atoms with E-state index in [0.29, 0.717) is 0 Å². The summed E-state index contributed by atoms with van der Waals surface area (Å²) in [5, 5.41) is 0.967. The molecule has 0 aliphatic rings. The SMILES string of the molecule is CCN(CCCBr)C(=O)C(C)C. The second kappa shape index (κ2) is 6.46. The minimum atomic E-state index is 0.125. The van der Waals surface area contributed by atoms with Gasteiger partial charge in [-0.05, 0) is 13.3 Å². The molecule has 1 amide bonds. The van der Waals surface area contributed by atoms with Crippen LogP contribution in [-0.2, 0) is 4.79 Å². The van der Waals surface area contributed by atoms with E-state index in [1.165, 1.54) is 0 Å². The summed E-state index contributed by atoms with van der Waals surface area (Å²) in [6, 6.07) is 0. The standard InChI is InChI=1S/C9H18BrNO/c1-4-11(7-5-6-10)9(12)8(2)3/h8H,4-7H2,1-3H3. The quantitative estimate of drug-likeness (QED) is 0.670. The summed E-state index contributed by atoms with van der Waals surface area (Å²) >= 11 is 3.36. The van der Waals surface area contributed by atoms with E-state index in [2.05, 4.69) is 15.9 Å². The fraction of sp³-hybridized carbons (Fsp3) is 0.889. The molecule has 72 valence electrons. The number of nitrogens with zero attached hydrogens (tertiary/aromatic N) is 1. The zero-order chi connectivity index (χ0) is 9.56. The number of carbonyl (C=O) groups is 1. The van der Waals surface area contributed by atoms with E-state index in [9.17, 15) is 4.79 Å². The van der Waals surface area contributed by atoms with Gasteiger partial charge in [0.1, 0.15) is 0 Å². The Morgan fingerprint density at radius 3 is 2.42 bits per heavy atom. The number of halogens is 1. The van der Waals surface area contributed by atoms with Crippen molar-refractivity contribution in [1.29, 1.82) is 0 Å². The molecular formula is C9H18BrNO. The van der Waals surface area contributed by atoms with Crippen molar-refractivity contribution in [3.05, 3.63) is 0 Å². The lowest BCUT2D eigenvalue weighted by Gasteiger charge is -2.22. The van der Waals surface area contributed by atoms with Crippen molar-refractivity contribution in [2.75, 3.05) is 18.4 Å². The first-order valence-corrected chi connectivity index (χ1v) is 5.60. The van der Waals surface area contributed by atoms with Gasteiger partial charge < -0.3 is 4.90 Å². The number of hydrogen-bond acceptors (Lipinski definition) is 1. The highest BCUT2D eigenvalue weighted by molar-refractivity contribution is 9.09. The largest absolute Gasteiger partial charge is 0.343 e. The van der Waals surface area contributed by atoms with Crippen LogP contribution >= 0.6 is 15.9 Å². The summed E-state index contributed by atoms with van der Waals surface area (Å²) < 4.78 is 0. The molecule has 0 aromatic heterocycles. The van der Waals surface area contributed by atoms with E-state index in [4.69, 9.17) is 0 Å². The first-order valence-electron chi connectivity index (χ1n) is 4.48. The van der Waals surface area contributed by atoms with Crippen LogP contribution in [0.5, 0.6) is 0 Å². The van der Waals surface area contributed by atoms with Crippen LogP contribution in [0.15, 0.2) is 0 Å². The topological polar surface area (TPSA) is 20.3 Å². The van der Waals surface area contributed by atoms with E-state index in [1.54, 1.807) is 0 Å². The zero-order valence-corrected chi connectivity index (χ0v) is 9.73. The van der Waals surface area contributed by atoms with Crippen LogP contribution in [0.25, 0.3) is 0 Å². The van der Waals surface area contributed by atoms with Crippen molar-refractivity contribution in [1.82, 2.24) is 4.90 Å². The van der Waals surface area contributed by atoms with Crippen LogP contribution in [0.3, 0.4) is 0 Å². The Bertz CT molecular complexity index is 136. The molecule has 0 saturated carbocycles. The molecule has 0 aromatic carbocycles. The minimum absolute atomic E-state index is 0.125. The Hall–Kier alpha value is -0.0500. The van der Waals surface area contributed by atoms with Crippen molar-refractivity contribution < 1.29 is 4.79 Å². The smallest absolute Gasteiger partial charge is 0.225 e. The van der Waals surface area contributed by atoms with Crippen molar-refractivity contribution >= 4 is 21.8 Å². The average molecular weight is 236 g/mol. The zero-order valence-electron chi connectivity index (χ0n) is 8.14. The maximum atomic E-state index is 11.5. The van der Waals surface area contributed by atoms with Gasteiger partial charge >= 0.3 is 0 Å². The van der Waals surface area contributed by atoms with Gasteiger partial charge in [0.05, 0.1) is 0 Å². The van der Waals surface area contributed by atoms with Gasteiger partial charge in [-0.2, -0.15) is 0 Å². The molecule has 0 aliphatic heterocycles. The van der Waals surface area contributed by atoms with Crippen LogP contribution in [0.4, 0.5) is 0 Å². The molecule has 2 nitrogen and oxygen atoms in total. The second-order valence-electron chi connectivity index (χ2n) is 3.12. The van der Waals surface area contributed by atoms with E-state index in [0.717, 1.165) is 24.8 Å². The van der Waals surface area contributed by atoms with E-state index in [-0.39, 0.29) is 11.8 Å². The van der Waals surface area contributed by atoms with Gasteiger partial charge in [-0.1, -0.05) is 29.8 Å². The third kappa shape index (κ3) is 4.10. The summed E-state index contributed by atoms with van der Waals surface area (Å²) in [5.41, 5.74) is 0. The van der Waals surface area contributed by atoms with Gasteiger partial charge in [-0.25, -0.2) is 0 Å². The number of hydrogen-bond donors (Lipinski definition) is 0. The highest BCUT2D eigenvalue weighted by Gasteiger charge is 2.13. The lowest BCUT2D eigenvalue weighted by Crippen LogP contribution is -2.35. The molecule has 0 bridgehead atoms. The Balaban J connectivity index is 3.88. The molecule has 0 spiro atoms. The van der Waals surface area contributed by atoms with Crippen molar-refractivity contribution in [2.24, 2.45) is 5.92 Å². The predicted octanol–water partition coefficient (Wildman–Crippen LogP) is 2.28. The molecule has 0 unspecified atom stereocenters. The highest BCUT2D eigenvalue weighted by Crippen LogP contribution is 2.02. The van der Waals surface area contributed by atoms with E-state index in [1.807, 2.05) is 25.7 Å². The molecule has 0 N–H and O–H groups in total. The van der Waals surface area contributed by atoms with Gasteiger partial charge in [0.15, 0.2) is 0 Å². The number of carbonyl (C=O) groups excluding carboxylic acids is 1. The predicted molar refractivity (Wildman–Crippen MR) is 55.5 cm³/mol. The fourth-order valence-electron chi connectivity index (χ4n) is 1.04. The van der Waals surface area contributed by atoms with E-state index >= 15 is 0 Å². The van der Waals surface area contributed by atoms with Crippen LogP contribution in [0.2, 0.25) is 0 Å². The van der Waals surface area contributed by atoms with Crippen molar-refractivity contribution in [3.63, 3.8) is 0 Å². The van der Waals surface area contributed by atoms with Crippen LogP contribution < -0.4 is 0 Å². The maximum absolute atomic E-state index is 11.5. The molecule has 0 fully saturated rings. The molecule has 0 saturated heterocycles. The minimum Gasteiger partial charge on any atom is -0.343 e. The van der Waals surface area contributed by atoms with Gasteiger partial charge in [-0.3, -0.25) is 4.79 Å². The first kappa shape index (κ1) is 11.9. The van der Waals surface area contributed by atoms with Crippen LogP contribution in [-0.4, -0.2) is 29.2 Å². The fourth-order valence-corrected chi connectivity index (χ4v) is 1.29. The summed E-state index contributed by atoms with van der Waals surface area (Å²) in [5.74, 6) is 0.388. The number of alkyl halides is 1. The average Bonchev–Trinajstić information content (AvgIpc) is 2.05. The van der Waals surface area contributed by atoms with Gasteiger partial charge in [0.2, 0.25) is 5.91 Å². The summed E-state index contributed by atoms with van der Waals surface area (Å²) in [7, 11) is 0. The number of amides is 1. The monoisotopic (exact) mass is 235 g/mol.